The first-order valence-electron chi connectivity index (χ1n) is 0. The van der Waals surface area contributed by atoms with Crippen LogP contribution in [0.4, 0.5) is 0 Å². The number of hydrogen-bond acceptors (Lipinski definition) is 0. The standard InChI is InChI=1S/6HI.6Na/h6*1H;;;;;;/q;;;;;;6*+1/p-6. The van der Waals surface area contributed by atoms with E-state index in [1.165, 1.54) is 0 Å². The molecule has 0 radical (unpaired) electrons. The van der Waals surface area contributed by atoms with Crippen LogP contribution in [0.3, 0.4) is 0 Å². The van der Waals surface area contributed by atoms with Crippen molar-refractivity contribution in [2.24, 2.45) is 0 Å². The fraction of sp³-hybridized carbons (Fsp3) is 0. The van der Waals surface area contributed by atoms with Crippen LogP contribution in [-0.4, -0.2) is 0 Å². The Morgan fingerprint density at radius 2 is 0.167 bits per heavy atom. The smallest absolute Gasteiger partial charge is 1.00 e. The van der Waals surface area contributed by atoms with Crippen LogP contribution in [0.2, 0.25) is 0 Å². The SMILES string of the molecule is [I-].[I-].[I-].[I-].[I-].[I-].[Na+].[Na+].[Na+].[Na+].[Na+].[Na+]. The van der Waals surface area contributed by atoms with Gasteiger partial charge in [0.05, 0.1) is 0 Å². The molecular weight excluding hydrogens is 899 g/mol. The van der Waals surface area contributed by atoms with Gasteiger partial charge in [-0.05, 0) is 0 Å². The normalized spacial score (nSPS) is 0. The first-order chi connectivity index (χ1) is 0. The summed E-state index contributed by atoms with van der Waals surface area (Å²) in [7, 11) is 0. The summed E-state index contributed by atoms with van der Waals surface area (Å²) in [5.41, 5.74) is 0. The molecule has 0 saturated carbocycles. The van der Waals surface area contributed by atoms with E-state index in [0.29, 0.717) is 0 Å². The van der Waals surface area contributed by atoms with Crippen LogP contribution in [0.5, 0.6) is 0 Å². The van der Waals surface area contributed by atoms with Crippen LogP contribution in [0.25, 0.3) is 0 Å². The molecule has 0 aliphatic carbocycles. The summed E-state index contributed by atoms with van der Waals surface area (Å²) in [6.45, 7) is 0. The quantitative estimate of drug-likeness (QED) is 0.168. The molecule has 0 spiro atoms. The second kappa shape index (κ2) is 82.4. The summed E-state index contributed by atoms with van der Waals surface area (Å²) in [6, 6.07) is 0. The number of rotatable bonds is 0. The van der Waals surface area contributed by atoms with Crippen molar-refractivity contribution in [2.75, 3.05) is 0 Å². The van der Waals surface area contributed by atoms with Crippen LogP contribution in [0, 0.1) is 0 Å². The molecule has 0 fully saturated rings. The zero-order chi connectivity index (χ0) is 0. The Morgan fingerprint density at radius 3 is 0.167 bits per heavy atom. The van der Waals surface area contributed by atoms with Crippen LogP contribution in [0.15, 0.2) is 0 Å². The van der Waals surface area contributed by atoms with Gasteiger partial charge in [-0.25, -0.2) is 0 Å². The maximum Gasteiger partial charge on any atom is 1.00 e. The van der Waals surface area contributed by atoms with E-state index in [0.717, 1.165) is 0 Å². The monoisotopic (exact) mass is 899 g/mol. The molecule has 0 aliphatic heterocycles. The van der Waals surface area contributed by atoms with Crippen LogP contribution >= 0.6 is 0 Å². The Balaban J connectivity index is 0. The molecule has 12 heteroatoms. The summed E-state index contributed by atoms with van der Waals surface area (Å²) in [5.74, 6) is 0. The Bertz CT molecular complexity index is 12.0. The molecule has 0 atom stereocenters. The van der Waals surface area contributed by atoms with Crippen molar-refractivity contribution in [3.05, 3.63) is 0 Å². The van der Waals surface area contributed by atoms with Gasteiger partial charge in [0.25, 0.3) is 0 Å². The first kappa shape index (κ1) is 94.9. The van der Waals surface area contributed by atoms with Gasteiger partial charge in [-0.2, -0.15) is 0 Å². The average molecular weight is 899 g/mol. The van der Waals surface area contributed by atoms with E-state index in [-0.39, 0.29) is 321 Å². The first-order valence-corrected chi connectivity index (χ1v) is 0. The zero-order valence-corrected chi connectivity index (χ0v) is 33.2. The van der Waals surface area contributed by atoms with Gasteiger partial charge in [-0.1, -0.05) is 0 Å². The number of hydrogen-bond donors (Lipinski definition) is 0. The molecule has 0 nitrogen and oxygen atoms in total. The summed E-state index contributed by atoms with van der Waals surface area (Å²) in [4.78, 5) is 0. The van der Waals surface area contributed by atoms with E-state index in [1.54, 1.807) is 0 Å². The molecule has 0 aromatic heterocycles. The molecular formula is I6Na6. The summed E-state index contributed by atoms with van der Waals surface area (Å²) < 4.78 is 0. The molecule has 0 rings (SSSR count). The van der Waals surface area contributed by atoms with Crippen molar-refractivity contribution in [1.82, 2.24) is 0 Å². The van der Waals surface area contributed by atoms with E-state index >= 15 is 0 Å². The molecule has 12 heavy (non-hydrogen) atoms. The second-order valence-corrected chi connectivity index (χ2v) is 0. The van der Waals surface area contributed by atoms with Crippen molar-refractivity contribution in [3.8, 4) is 0 Å². The predicted molar refractivity (Wildman–Crippen MR) is 0 cm³/mol. The third-order valence-corrected chi connectivity index (χ3v) is 0. The topological polar surface area (TPSA) is 0 Å². The van der Waals surface area contributed by atoms with Crippen LogP contribution < -0.4 is 321 Å². The van der Waals surface area contributed by atoms with Crippen LogP contribution in [-0.2, 0) is 0 Å². The molecule has 0 bridgehead atoms. The molecule has 0 saturated heterocycles. The van der Waals surface area contributed by atoms with E-state index < -0.39 is 0 Å². The van der Waals surface area contributed by atoms with Crippen LogP contribution in [0.1, 0.15) is 0 Å². The van der Waals surface area contributed by atoms with Gasteiger partial charge in [0.1, 0.15) is 0 Å². The summed E-state index contributed by atoms with van der Waals surface area (Å²) >= 11 is 0. The molecule has 0 aromatic rings. The van der Waals surface area contributed by atoms with Gasteiger partial charge in [0.15, 0.2) is 0 Å². The van der Waals surface area contributed by atoms with Gasteiger partial charge in [-0.15, -0.1) is 0 Å². The Hall–Kier alpha value is 10.4. The van der Waals surface area contributed by atoms with Gasteiger partial charge in [0, 0.05) is 0 Å². The second-order valence-electron chi connectivity index (χ2n) is 0. The third-order valence-electron chi connectivity index (χ3n) is 0. The molecule has 0 N–H and O–H groups in total. The summed E-state index contributed by atoms with van der Waals surface area (Å²) in [6.07, 6.45) is 0. The third kappa shape index (κ3) is 71.0. The molecule has 0 unspecified atom stereocenters. The average Bonchev–Trinajstić information content (AvgIpc) is 0. The fourth-order valence-electron chi connectivity index (χ4n) is 0. The zero-order valence-electron chi connectivity index (χ0n) is 8.27. The van der Waals surface area contributed by atoms with E-state index in [9.17, 15) is 0 Å². The minimum Gasteiger partial charge on any atom is -1.00 e. The van der Waals surface area contributed by atoms with Crippen molar-refractivity contribution < 1.29 is 321 Å². The fourth-order valence-corrected chi connectivity index (χ4v) is 0. The molecule has 48 valence electrons. The predicted octanol–water partition coefficient (Wildman–Crippen LogP) is -36.0. The van der Waals surface area contributed by atoms with Crippen molar-refractivity contribution in [3.63, 3.8) is 0 Å². The largest absolute Gasteiger partial charge is 1.00 e. The number of halogens is 6. The minimum absolute atomic E-state index is 0. The Morgan fingerprint density at radius 1 is 0.167 bits per heavy atom. The van der Waals surface area contributed by atoms with Gasteiger partial charge in [-0.3, -0.25) is 0 Å². The van der Waals surface area contributed by atoms with Gasteiger partial charge >= 0.3 is 177 Å². The van der Waals surface area contributed by atoms with E-state index in [4.69, 9.17) is 0 Å². The van der Waals surface area contributed by atoms with E-state index in [2.05, 4.69) is 0 Å². The van der Waals surface area contributed by atoms with Crippen molar-refractivity contribution >= 4 is 0 Å². The van der Waals surface area contributed by atoms with Gasteiger partial charge < -0.3 is 144 Å². The maximum absolute atomic E-state index is 0. The Kier molecular flexibility index (Phi) is 652. The van der Waals surface area contributed by atoms with E-state index in [1.807, 2.05) is 0 Å². The van der Waals surface area contributed by atoms with Crippen molar-refractivity contribution in [2.45, 2.75) is 0 Å². The van der Waals surface area contributed by atoms with Crippen molar-refractivity contribution in [1.29, 1.82) is 0 Å². The molecule has 0 amide bonds. The molecule has 0 heterocycles. The molecule has 0 aliphatic rings. The van der Waals surface area contributed by atoms with Gasteiger partial charge in [0.2, 0.25) is 0 Å². The molecule has 0 aromatic carbocycles. The maximum atomic E-state index is 0. The minimum atomic E-state index is 0. The summed E-state index contributed by atoms with van der Waals surface area (Å²) in [5, 5.41) is 0. The Labute approximate surface area is 311 Å².